The summed E-state index contributed by atoms with van der Waals surface area (Å²) in [5.41, 5.74) is 11.2. The molecular formula is C59H118N6O5. The van der Waals surface area contributed by atoms with Gasteiger partial charge in [0.05, 0.1) is 0 Å². The zero-order valence-electron chi connectivity index (χ0n) is 46.4. The van der Waals surface area contributed by atoms with Crippen molar-refractivity contribution in [2.45, 2.75) is 296 Å². The Hall–Kier alpha value is -2.21. The van der Waals surface area contributed by atoms with Gasteiger partial charge in [-0.2, -0.15) is 0 Å². The predicted octanol–water partition coefficient (Wildman–Crippen LogP) is 14.2. The summed E-state index contributed by atoms with van der Waals surface area (Å²) in [6.07, 6.45) is 51.4. The van der Waals surface area contributed by atoms with Crippen LogP contribution in [0.5, 0.6) is 0 Å². The Kier molecular flexibility index (Phi) is 55.9. The molecule has 70 heavy (non-hydrogen) atoms. The first-order chi connectivity index (χ1) is 34.5. The summed E-state index contributed by atoms with van der Waals surface area (Å²) in [5, 5.41) is 13.0. The summed E-state index contributed by atoms with van der Waals surface area (Å²) < 4.78 is 11.9. The molecule has 0 aliphatic carbocycles. The molecule has 0 aromatic rings. The number of carbonyl (C=O) groups excluding carboxylic acids is 3. The van der Waals surface area contributed by atoms with Crippen LogP contribution in [0.25, 0.3) is 0 Å². The molecule has 0 bridgehead atoms. The second kappa shape index (κ2) is 57.7. The van der Waals surface area contributed by atoms with Gasteiger partial charge in [0.1, 0.15) is 18.8 Å². The Morgan fingerprint density at radius 3 is 1.33 bits per heavy atom. The minimum atomic E-state index is -0.730. The quantitative estimate of drug-likeness (QED) is 0.0197. The molecule has 0 aromatic carbocycles. The minimum absolute atomic E-state index is 0.0804. The Labute approximate surface area is 433 Å². The third-order valence-electron chi connectivity index (χ3n) is 13.6. The lowest BCUT2D eigenvalue weighted by atomic mass is 10.0. The maximum absolute atomic E-state index is 13.5. The molecule has 0 fully saturated rings. The Balaban J connectivity index is 5.32. The van der Waals surface area contributed by atoms with Crippen LogP contribution in [-0.4, -0.2) is 82.5 Å². The van der Waals surface area contributed by atoms with E-state index in [0.29, 0.717) is 19.4 Å². The molecule has 2 amide bonds. The van der Waals surface area contributed by atoms with Crippen molar-refractivity contribution in [1.29, 1.82) is 0 Å². The topological polar surface area (TPSA) is 170 Å². The van der Waals surface area contributed by atoms with Crippen molar-refractivity contribution in [3.8, 4) is 0 Å². The smallest absolute Gasteiger partial charge is 0.407 e. The van der Waals surface area contributed by atoms with E-state index in [1.165, 1.54) is 180 Å². The summed E-state index contributed by atoms with van der Waals surface area (Å²) in [6, 6.07) is -0.681. The van der Waals surface area contributed by atoms with Crippen LogP contribution in [0.2, 0.25) is 0 Å². The van der Waals surface area contributed by atoms with Crippen LogP contribution < -0.4 is 32.7 Å². The van der Waals surface area contributed by atoms with E-state index in [4.69, 9.17) is 20.9 Å². The molecule has 0 saturated heterocycles. The van der Waals surface area contributed by atoms with Gasteiger partial charge in [-0.1, -0.05) is 219 Å². The lowest BCUT2D eigenvalue weighted by Crippen LogP contribution is -2.48. The van der Waals surface area contributed by atoms with Crippen molar-refractivity contribution >= 4 is 18.0 Å². The summed E-state index contributed by atoms with van der Waals surface area (Å²) >= 11 is 0. The van der Waals surface area contributed by atoms with Gasteiger partial charge < -0.3 is 42.2 Å². The molecular weight excluding hydrogens is 873 g/mol. The van der Waals surface area contributed by atoms with E-state index in [1.54, 1.807) is 0 Å². The Morgan fingerprint density at radius 1 is 0.443 bits per heavy atom. The molecule has 0 aromatic heterocycles. The zero-order chi connectivity index (χ0) is 50.9. The number of hydrogen-bond donors (Lipinski definition) is 6. The number of amides is 2. The Bertz CT molecular complexity index is 1130. The van der Waals surface area contributed by atoms with E-state index in [2.05, 4.69) is 41.2 Å². The molecule has 11 heteroatoms. The van der Waals surface area contributed by atoms with Gasteiger partial charge in [-0.05, 0) is 103 Å². The molecule has 0 aliphatic rings. The standard InChI is InChI=1S/C59H118N6O5/c1-3-5-7-9-11-13-15-17-19-21-24-30-36-44-56(70-58(67)46-38-32-26-23-28-34-40-49-62-51-42-48-61)55(54-69-59(68)64-53-43-52-63-50-41-35-29-27-33-39-47-60)65-57(66)45-37-31-25-22-20-18-16-14-12-10-8-6-4-2/h36,44,55-56,62-63H,3-35,37-43,45-54,60-61H2,1-2H3,(H,64,68)(H,65,66)/b44-36+. The van der Waals surface area contributed by atoms with Gasteiger partial charge in [-0.25, -0.2) is 4.79 Å². The lowest BCUT2D eigenvalue weighted by Gasteiger charge is -2.26. The highest BCUT2D eigenvalue weighted by atomic mass is 16.6. The molecule has 2 atom stereocenters. The third-order valence-corrected chi connectivity index (χ3v) is 13.6. The fourth-order valence-corrected chi connectivity index (χ4v) is 9.03. The number of ether oxygens (including phenoxy) is 2. The van der Waals surface area contributed by atoms with E-state index in [-0.39, 0.29) is 18.5 Å². The second-order valence-corrected chi connectivity index (χ2v) is 20.5. The van der Waals surface area contributed by atoms with Crippen molar-refractivity contribution in [2.24, 2.45) is 11.5 Å². The maximum Gasteiger partial charge on any atom is 0.407 e. The van der Waals surface area contributed by atoms with E-state index in [0.717, 1.165) is 116 Å². The number of unbranched alkanes of at least 4 members (excludes halogenated alkanes) is 34. The van der Waals surface area contributed by atoms with Crippen LogP contribution in [-0.2, 0) is 19.1 Å². The summed E-state index contributed by atoms with van der Waals surface area (Å²) in [6.45, 7) is 10.3. The minimum Gasteiger partial charge on any atom is -0.456 e. The number of rotatable bonds is 57. The first-order valence-corrected chi connectivity index (χ1v) is 30.4. The van der Waals surface area contributed by atoms with Crippen LogP contribution in [0.1, 0.15) is 284 Å². The maximum atomic E-state index is 13.5. The highest BCUT2D eigenvalue weighted by Crippen LogP contribution is 2.17. The molecule has 8 N–H and O–H groups in total. The number of hydrogen-bond acceptors (Lipinski definition) is 9. The largest absolute Gasteiger partial charge is 0.456 e. The number of allylic oxidation sites excluding steroid dienone is 1. The SMILES string of the molecule is CCCCCCCCCCCCC/C=C/C(OC(=O)CCCCCCCCCNCCCN)C(COC(=O)NCCCNCCCCCCCCN)NC(=O)CCCCCCCCCCCCCCC. The number of esters is 1. The molecule has 0 heterocycles. The molecule has 0 radical (unpaired) electrons. The van der Waals surface area contributed by atoms with E-state index < -0.39 is 18.2 Å². The molecule has 414 valence electrons. The average Bonchev–Trinajstić information content (AvgIpc) is 3.36. The Morgan fingerprint density at radius 2 is 0.843 bits per heavy atom. The van der Waals surface area contributed by atoms with Gasteiger partial charge in [0.25, 0.3) is 0 Å². The number of nitrogens with one attached hydrogen (secondary N) is 4. The summed E-state index contributed by atoms with van der Waals surface area (Å²) in [7, 11) is 0. The highest BCUT2D eigenvalue weighted by molar-refractivity contribution is 5.76. The lowest BCUT2D eigenvalue weighted by molar-refractivity contribution is -0.149. The van der Waals surface area contributed by atoms with Crippen molar-refractivity contribution in [3.63, 3.8) is 0 Å². The first kappa shape index (κ1) is 67.8. The molecule has 0 saturated carbocycles. The van der Waals surface area contributed by atoms with Crippen molar-refractivity contribution in [3.05, 3.63) is 12.2 Å². The molecule has 0 aliphatic heterocycles. The zero-order valence-corrected chi connectivity index (χ0v) is 46.4. The summed E-state index contributed by atoms with van der Waals surface area (Å²) in [5.74, 6) is -0.364. The van der Waals surface area contributed by atoms with Crippen LogP contribution in [0, 0.1) is 0 Å². The fraction of sp³-hybridized carbons (Fsp3) is 0.915. The first-order valence-electron chi connectivity index (χ1n) is 30.4. The van der Waals surface area contributed by atoms with E-state index >= 15 is 0 Å². The molecule has 0 rings (SSSR count). The molecule has 2 unspecified atom stereocenters. The van der Waals surface area contributed by atoms with Gasteiger partial charge >= 0.3 is 12.1 Å². The number of alkyl carbamates (subject to hydrolysis) is 1. The third kappa shape index (κ3) is 52.1. The second-order valence-electron chi connectivity index (χ2n) is 20.5. The average molecular weight is 992 g/mol. The number of nitrogens with two attached hydrogens (primary N) is 2. The van der Waals surface area contributed by atoms with E-state index in [1.807, 2.05) is 6.08 Å². The van der Waals surface area contributed by atoms with Gasteiger partial charge in [-0.15, -0.1) is 0 Å². The fourth-order valence-electron chi connectivity index (χ4n) is 9.03. The van der Waals surface area contributed by atoms with Crippen LogP contribution in [0.15, 0.2) is 12.2 Å². The van der Waals surface area contributed by atoms with Gasteiger partial charge in [0, 0.05) is 19.4 Å². The van der Waals surface area contributed by atoms with Gasteiger partial charge in [0.15, 0.2) is 0 Å². The van der Waals surface area contributed by atoms with Crippen LogP contribution in [0.3, 0.4) is 0 Å². The molecule has 11 nitrogen and oxygen atoms in total. The highest BCUT2D eigenvalue weighted by Gasteiger charge is 2.26. The van der Waals surface area contributed by atoms with Crippen molar-refractivity contribution in [2.75, 3.05) is 52.4 Å². The van der Waals surface area contributed by atoms with Crippen LogP contribution in [0.4, 0.5) is 4.79 Å². The predicted molar refractivity (Wildman–Crippen MR) is 299 cm³/mol. The molecule has 0 spiro atoms. The van der Waals surface area contributed by atoms with Gasteiger partial charge in [0.2, 0.25) is 5.91 Å². The van der Waals surface area contributed by atoms with Crippen LogP contribution >= 0.6 is 0 Å². The monoisotopic (exact) mass is 991 g/mol. The van der Waals surface area contributed by atoms with Crippen molar-refractivity contribution in [1.82, 2.24) is 21.3 Å². The number of carbonyl (C=O) groups is 3. The summed E-state index contributed by atoms with van der Waals surface area (Å²) in [4.78, 5) is 39.9. The van der Waals surface area contributed by atoms with E-state index in [9.17, 15) is 14.4 Å². The van der Waals surface area contributed by atoms with Gasteiger partial charge in [-0.3, -0.25) is 9.59 Å². The normalized spacial score (nSPS) is 12.4. The van der Waals surface area contributed by atoms with Crippen molar-refractivity contribution < 1.29 is 23.9 Å².